The van der Waals surface area contributed by atoms with Gasteiger partial charge in [0, 0.05) is 0 Å². The molecule has 0 heteroatoms. The number of hydrogen-bond acceptors (Lipinski definition) is 0. The summed E-state index contributed by atoms with van der Waals surface area (Å²) in [5.74, 6) is 0. The summed E-state index contributed by atoms with van der Waals surface area (Å²) in [5.41, 5.74) is 0. The molecule has 0 bridgehead atoms. The van der Waals surface area contributed by atoms with Crippen molar-refractivity contribution in [3.05, 3.63) is 146 Å². The Morgan fingerprint density at radius 1 is 0.214 bits per heavy atom. The first-order valence-electron chi connectivity index (χ1n) is 14.6. The summed E-state index contributed by atoms with van der Waals surface area (Å²) in [7, 11) is 0. The summed E-state index contributed by atoms with van der Waals surface area (Å²) in [6.07, 6.45) is 0. The standard InChI is InChI=1S/C42H23/c1-2-6-26-10-30-14-34-18-38-22-42-24-40-20-36-16-32-12-28-8-4-3-7-27(28)11-31(32)15-35(36)19-39(40)23-41(42)21-37(38)17-33(34)13-29(30)9-25(26)5-1/h1-15,17-24H. The lowest BCUT2D eigenvalue weighted by Gasteiger charge is -2.10. The van der Waals surface area contributed by atoms with Crippen molar-refractivity contribution in [3.63, 3.8) is 0 Å². The molecule has 0 nitrogen and oxygen atoms in total. The van der Waals surface area contributed by atoms with E-state index in [1.165, 1.54) is 91.6 Å². The third-order valence-electron chi connectivity index (χ3n) is 9.19. The van der Waals surface area contributed by atoms with Crippen molar-refractivity contribution in [1.29, 1.82) is 0 Å². The first kappa shape index (κ1) is 22.3. The van der Waals surface area contributed by atoms with Crippen LogP contribution in [0, 0.1) is 6.07 Å². The Morgan fingerprint density at radius 2 is 0.429 bits per heavy atom. The maximum absolute atomic E-state index is 3.72. The summed E-state index contributed by atoms with van der Waals surface area (Å²) < 4.78 is 0. The maximum Gasteiger partial charge on any atom is -0.00139 e. The third-order valence-corrected chi connectivity index (χ3v) is 9.19. The van der Waals surface area contributed by atoms with Crippen molar-refractivity contribution in [3.8, 4) is 0 Å². The van der Waals surface area contributed by atoms with Gasteiger partial charge in [-0.05, 0) is 194 Å². The quantitative estimate of drug-likeness (QED) is 0.172. The minimum Gasteiger partial charge on any atom is -0.0616 e. The van der Waals surface area contributed by atoms with Gasteiger partial charge >= 0.3 is 0 Å². The molecule has 0 spiro atoms. The van der Waals surface area contributed by atoms with Crippen LogP contribution in [0.15, 0.2) is 140 Å². The van der Waals surface area contributed by atoms with Crippen LogP contribution in [0.3, 0.4) is 0 Å². The van der Waals surface area contributed by atoms with E-state index in [0.29, 0.717) is 0 Å². The normalized spacial score (nSPS) is 12.3. The third kappa shape index (κ3) is 3.30. The van der Waals surface area contributed by atoms with E-state index in [-0.39, 0.29) is 0 Å². The molecule has 0 fully saturated rings. The van der Waals surface area contributed by atoms with Crippen molar-refractivity contribution in [2.75, 3.05) is 0 Å². The lowest BCUT2D eigenvalue weighted by molar-refractivity contribution is 1.78. The fraction of sp³-hybridized carbons (Fsp3) is 0. The van der Waals surface area contributed by atoms with Crippen LogP contribution in [0.4, 0.5) is 0 Å². The number of benzene rings is 10. The molecule has 191 valence electrons. The predicted molar refractivity (Wildman–Crippen MR) is 183 cm³/mol. The van der Waals surface area contributed by atoms with Crippen LogP contribution in [-0.2, 0) is 0 Å². The smallest absolute Gasteiger partial charge is 0.00139 e. The monoisotopic (exact) mass is 527 g/mol. The molecule has 0 saturated carbocycles. The van der Waals surface area contributed by atoms with Crippen molar-refractivity contribution in [2.24, 2.45) is 0 Å². The van der Waals surface area contributed by atoms with E-state index in [9.17, 15) is 0 Å². The molecule has 10 aromatic carbocycles. The average molecular weight is 528 g/mol. The number of fused-ring (bicyclic) bond motifs is 9. The van der Waals surface area contributed by atoms with Gasteiger partial charge in [0.05, 0.1) is 0 Å². The summed E-state index contributed by atoms with van der Waals surface area (Å²) >= 11 is 0. The molecule has 0 heterocycles. The topological polar surface area (TPSA) is 0 Å². The van der Waals surface area contributed by atoms with Crippen molar-refractivity contribution in [2.45, 2.75) is 0 Å². The Kier molecular flexibility index (Phi) is 4.27. The summed E-state index contributed by atoms with van der Waals surface area (Å²) in [6.45, 7) is 0. The molecule has 0 saturated heterocycles. The molecule has 10 aromatic rings. The Hall–Kier alpha value is -5.46. The summed E-state index contributed by atoms with van der Waals surface area (Å²) in [6, 6.07) is 55.8. The molecule has 10 rings (SSSR count). The fourth-order valence-corrected chi connectivity index (χ4v) is 7.04. The fourth-order valence-electron chi connectivity index (χ4n) is 7.04. The summed E-state index contributed by atoms with van der Waals surface area (Å²) in [5, 5.41) is 22.7. The Labute approximate surface area is 242 Å². The first-order valence-corrected chi connectivity index (χ1v) is 14.6. The zero-order chi connectivity index (χ0) is 27.4. The van der Waals surface area contributed by atoms with Crippen LogP contribution in [-0.4, -0.2) is 0 Å². The predicted octanol–water partition coefficient (Wildman–Crippen LogP) is 11.9. The second-order valence-corrected chi connectivity index (χ2v) is 11.8. The number of hydrogen-bond donors (Lipinski definition) is 0. The molecule has 0 aliphatic rings. The van der Waals surface area contributed by atoms with Crippen LogP contribution in [0.25, 0.3) is 97.0 Å². The first-order chi connectivity index (χ1) is 20.7. The van der Waals surface area contributed by atoms with E-state index in [4.69, 9.17) is 0 Å². The van der Waals surface area contributed by atoms with Gasteiger partial charge < -0.3 is 0 Å². The van der Waals surface area contributed by atoms with Crippen LogP contribution in [0.1, 0.15) is 0 Å². The van der Waals surface area contributed by atoms with E-state index < -0.39 is 0 Å². The highest BCUT2D eigenvalue weighted by atomic mass is 14.1. The minimum atomic E-state index is 1.16. The zero-order valence-corrected chi connectivity index (χ0v) is 22.8. The molecule has 0 unspecified atom stereocenters. The van der Waals surface area contributed by atoms with Gasteiger partial charge in [-0.3, -0.25) is 0 Å². The molecule has 0 aliphatic carbocycles. The molecular formula is C42H23. The molecule has 0 N–H and O–H groups in total. The van der Waals surface area contributed by atoms with Gasteiger partial charge in [0.1, 0.15) is 0 Å². The van der Waals surface area contributed by atoms with Crippen LogP contribution < -0.4 is 0 Å². The van der Waals surface area contributed by atoms with E-state index in [1.54, 1.807) is 0 Å². The van der Waals surface area contributed by atoms with E-state index >= 15 is 0 Å². The molecule has 0 aromatic heterocycles. The van der Waals surface area contributed by atoms with Gasteiger partial charge in [0.25, 0.3) is 0 Å². The van der Waals surface area contributed by atoms with Gasteiger partial charge in [-0.2, -0.15) is 0 Å². The molecular weight excluding hydrogens is 504 g/mol. The van der Waals surface area contributed by atoms with Crippen LogP contribution >= 0.6 is 0 Å². The van der Waals surface area contributed by atoms with Gasteiger partial charge in [0.15, 0.2) is 0 Å². The van der Waals surface area contributed by atoms with Crippen LogP contribution in [0.5, 0.6) is 0 Å². The van der Waals surface area contributed by atoms with Gasteiger partial charge in [-0.1, -0.05) is 48.5 Å². The lowest BCUT2D eigenvalue weighted by atomic mass is 9.94. The molecule has 0 atom stereocenters. The molecule has 42 heavy (non-hydrogen) atoms. The van der Waals surface area contributed by atoms with E-state index in [2.05, 4.69) is 146 Å². The zero-order valence-electron chi connectivity index (χ0n) is 22.8. The largest absolute Gasteiger partial charge is 0.0616 e. The Bertz CT molecular complexity index is 2400. The Morgan fingerprint density at radius 3 is 0.810 bits per heavy atom. The Balaban J connectivity index is 1.18. The maximum atomic E-state index is 3.72. The molecule has 1 radical (unpaired) electrons. The van der Waals surface area contributed by atoms with E-state index in [0.717, 1.165) is 5.39 Å². The van der Waals surface area contributed by atoms with Gasteiger partial charge in [-0.25, -0.2) is 0 Å². The summed E-state index contributed by atoms with van der Waals surface area (Å²) in [4.78, 5) is 0. The average Bonchev–Trinajstić information content (AvgIpc) is 3.00. The van der Waals surface area contributed by atoms with Crippen molar-refractivity contribution >= 4 is 97.0 Å². The highest BCUT2D eigenvalue weighted by Crippen LogP contribution is 2.35. The lowest BCUT2D eigenvalue weighted by Crippen LogP contribution is -1.83. The van der Waals surface area contributed by atoms with Gasteiger partial charge in [-0.15, -0.1) is 0 Å². The van der Waals surface area contributed by atoms with Crippen molar-refractivity contribution < 1.29 is 0 Å². The second-order valence-electron chi connectivity index (χ2n) is 11.8. The van der Waals surface area contributed by atoms with Gasteiger partial charge in [0.2, 0.25) is 0 Å². The van der Waals surface area contributed by atoms with Crippen molar-refractivity contribution in [1.82, 2.24) is 0 Å². The second kappa shape index (κ2) is 8.06. The minimum absolute atomic E-state index is 1.16. The SMILES string of the molecule is [c]1c2cc3ccccc3cc2cc2cc3cc4cc5cc6cc7cc8ccccc8cc7cc6cc5cc4cc3cc12. The molecule has 0 amide bonds. The highest BCUT2D eigenvalue weighted by molar-refractivity contribution is 6.13. The molecule has 0 aliphatic heterocycles. The van der Waals surface area contributed by atoms with Crippen LogP contribution in [0.2, 0.25) is 0 Å². The number of rotatable bonds is 0. The highest BCUT2D eigenvalue weighted by Gasteiger charge is 2.08. The van der Waals surface area contributed by atoms with E-state index in [1.807, 2.05) is 0 Å².